The third-order valence-electron chi connectivity index (χ3n) is 4.80. The molecule has 1 aliphatic rings. The Kier molecular flexibility index (Phi) is 5.12. The van der Waals surface area contributed by atoms with Gasteiger partial charge in [-0.1, -0.05) is 35.9 Å². The first-order valence-corrected chi connectivity index (χ1v) is 9.36. The van der Waals surface area contributed by atoms with E-state index in [1.165, 1.54) is 6.39 Å². The van der Waals surface area contributed by atoms with Crippen LogP contribution in [0.4, 0.5) is 5.69 Å². The first-order valence-electron chi connectivity index (χ1n) is 8.98. The van der Waals surface area contributed by atoms with E-state index in [0.29, 0.717) is 23.0 Å². The number of rotatable bonds is 3. The van der Waals surface area contributed by atoms with Crippen LogP contribution >= 0.6 is 11.6 Å². The molecular weight excluding hydrogens is 378 g/mol. The average Bonchev–Trinajstić information content (AvgIpc) is 3.40. The lowest BCUT2D eigenvalue weighted by Crippen LogP contribution is -2.39. The fourth-order valence-electron chi connectivity index (χ4n) is 3.46. The van der Waals surface area contributed by atoms with Gasteiger partial charge >= 0.3 is 11.8 Å². The van der Waals surface area contributed by atoms with E-state index in [4.69, 9.17) is 16.0 Å². The predicted octanol–water partition coefficient (Wildman–Crippen LogP) is 4.30. The number of nitrogens with one attached hydrogen (secondary N) is 1. The molecule has 0 radical (unpaired) electrons. The van der Waals surface area contributed by atoms with Gasteiger partial charge in [0.25, 0.3) is 0 Å². The summed E-state index contributed by atoms with van der Waals surface area (Å²) in [5.74, 6) is -0.608. The lowest BCUT2D eigenvalue weighted by molar-refractivity contribution is -0.143. The molecule has 1 fully saturated rings. The summed E-state index contributed by atoms with van der Waals surface area (Å²) in [5.41, 5.74) is 2.27. The second kappa shape index (κ2) is 7.86. The van der Waals surface area contributed by atoms with E-state index >= 15 is 0 Å². The quantitative estimate of drug-likeness (QED) is 0.671. The van der Waals surface area contributed by atoms with Crippen molar-refractivity contribution in [3.8, 4) is 11.3 Å². The van der Waals surface area contributed by atoms with Gasteiger partial charge in [-0.2, -0.15) is 0 Å². The highest BCUT2D eigenvalue weighted by molar-refractivity contribution is 6.39. The van der Waals surface area contributed by atoms with Crippen molar-refractivity contribution in [2.45, 2.75) is 18.9 Å². The molecule has 1 N–H and O–H groups in total. The van der Waals surface area contributed by atoms with Gasteiger partial charge in [0.05, 0.1) is 12.2 Å². The average molecular weight is 396 g/mol. The Bertz CT molecular complexity index is 986. The molecule has 28 heavy (non-hydrogen) atoms. The van der Waals surface area contributed by atoms with Crippen molar-refractivity contribution in [1.82, 2.24) is 9.88 Å². The number of hydrogen-bond acceptors (Lipinski definition) is 4. The van der Waals surface area contributed by atoms with Crippen LogP contribution in [-0.2, 0) is 9.59 Å². The Morgan fingerprint density at radius 1 is 1.18 bits per heavy atom. The summed E-state index contributed by atoms with van der Waals surface area (Å²) >= 11 is 5.95. The van der Waals surface area contributed by atoms with Crippen LogP contribution in [0.5, 0.6) is 0 Å². The van der Waals surface area contributed by atoms with E-state index in [9.17, 15) is 9.59 Å². The summed E-state index contributed by atoms with van der Waals surface area (Å²) in [6.45, 7) is 0.553. The van der Waals surface area contributed by atoms with Crippen molar-refractivity contribution in [3.63, 3.8) is 0 Å². The van der Waals surface area contributed by atoms with Crippen LogP contribution in [0.25, 0.3) is 11.3 Å². The van der Waals surface area contributed by atoms with Crippen LogP contribution in [0.2, 0.25) is 5.02 Å². The molecule has 0 aliphatic carbocycles. The molecule has 3 aromatic rings. The van der Waals surface area contributed by atoms with Gasteiger partial charge in [0, 0.05) is 22.8 Å². The number of halogens is 1. The summed E-state index contributed by atoms with van der Waals surface area (Å²) in [6.07, 6.45) is 4.61. The smallest absolute Gasteiger partial charge is 0.313 e. The van der Waals surface area contributed by atoms with Gasteiger partial charge in [-0.25, -0.2) is 4.98 Å². The summed E-state index contributed by atoms with van der Waals surface area (Å²) in [7, 11) is 0. The van der Waals surface area contributed by atoms with Crippen molar-refractivity contribution in [3.05, 3.63) is 71.7 Å². The first-order chi connectivity index (χ1) is 13.6. The maximum Gasteiger partial charge on any atom is 0.313 e. The predicted molar refractivity (Wildman–Crippen MR) is 106 cm³/mol. The Hall–Kier alpha value is -3.12. The number of nitrogens with zero attached hydrogens (tertiary/aromatic N) is 2. The molecule has 1 aromatic heterocycles. The number of carbonyl (C=O) groups excluding carboxylic acids is 2. The van der Waals surface area contributed by atoms with E-state index < -0.39 is 11.8 Å². The Labute approximate surface area is 167 Å². The molecule has 0 saturated carbocycles. The van der Waals surface area contributed by atoms with Crippen LogP contribution in [0.15, 0.2) is 65.5 Å². The number of aromatic nitrogens is 1. The van der Waals surface area contributed by atoms with Gasteiger partial charge < -0.3 is 14.6 Å². The number of likely N-dealkylation sites (tertiary alicyclic amines) is 1. The van der Waals surface area contributed by atoms with Crippen LogP contribution < -0.4 is 5.32 Å². The number of carbonyl (C=O) groups is 2. The highest BCUT2D eigenvalue weighted by atomic mass is 35.5. The number of amides is 2. The maximum absolute atomic E-state index is 12.8. The zero-order chi connectivity index (χ0) is 19.5. The van der Waals surface area contributed by atoms with Gasteiger partial charge in [0.1, 0.15) is 0 Å². The minimum atomic E-state index is -0.657. The first kappa shape index (κ1) is 18.3. The highest BCUT2D eigenvalue weighted by Gasteiger charge is 2.33. The summed E-state index contributed by atoms with van der Waals surface area (Å²) in [5, 5.41) is 3.33. The normalized spacial score (nSPS) is 16.2. The molecule has 2 heterocycles. The zero-order valence-corrected chi connectivity index (χ0v) is 15.7. The molecule has 2 aromatic carbocycles. The van der Waals surface area contributed by atoms with E-state index in [0.717, 1.165) is 24.0 Å². The van der Waals surface area contributed by atoms with Crippen molar-refractivity contribution in [2.24, 2.45) is 0 Å². The van der Waals surface area contributed by atoms with E-state index in [1.807, 2.05) is 18.2 Å². The third kappa shape index (κ3) is 3.77. The molecule has 0 spiro atoms. The lowest BCUT2D eigenvalue weighted by atomic mass is 10.0. The van der Waals surface area contributed by atoms with Gasteiger partial charge in [-0.15, -0.1) is 0 Å². The molecule has 142 valence electrons. The summed E-state index contributed by atoms with van der Waals surface area (Å²) in [4.78, 5) is 30.9. The third-order valence-corrected chi connectivity index (χ3v) is 5.05. The van der Waals surface area contributed by atoms with Gasteiger partial charge in [-0.05, 0) is 42.7 Å². The van der Waals surface area contributed by atoms with Crippen LogP contribution in [-0.4, -0.2) is 28.2 Å². The maximum atomic E-state index is 12.8. The number of hydrogen-bond donors (Lipinski definition) is 1. The minimum Gasteiger partial charge on any atom is -0.444 e. The number of benzene rings is 2. The zero-order valence-electron chi connectivity index (χ0n) is 15.0. The molecule has 1 saturated heterocycles. The summed E-state index contributed by atoms with van der Waals surface area (Å²) < 4.78 is 5.27. The van der Waals surface area contributed by atoms with Gasteiger partial charge in [0.15, 0.2) is 12.2 Å². The largest absolute Gasteiger partial charge is 0.444 e. The van der Waals surface area contributed by atoms with E-state index in [-0.39, 0.29) is 6.04 Å². The molecule has 6 nitrogen and oxygen atoms in total. The van der Waals surface area contributed by atoms with Gasteiger partial charge in [0.2, 0.25) is 0 Å². The molecule has 0 bridgehead atoms. The van der Waals surface area contributed by atoms with Crippen LogP contribution in [0.1, 0.15) is 24.4 Å². The van der Waals surface area contributed by atoms with Crippen LogP contribution in [0, 0.1) is 0 Å². The Balaban J connectivity index is 1.48. The van der Waals surface area contributed by atoms with Crippen molar-refractivity contribution >= 4 is 29.1 Å². The molecule has 1 aliphatic heterocycles. The van der Waals surface area contributed by atoms with Crippen molar-refractivity contribution < 1.29 is 14.0 Å². The van der Waals surface area contributed by atoms with Crippen molar-refractivity contribution in [2.75, 3.05) is 11.9 Å². The number of oxazole rings is 1. The monoisotopic (exact) mass is 395 g/mol. The highest BCUT2D eigenvalue weighted by Crippen LogP contribution is 2.32. The molecule has 1 atom stereocenters. The summed E-state index contributed by atoms with van der Waals surface area (Å²) in [6, 6.07) is 14.4. The van der Waals surface area contributed by atoms with E-state index in [1.54, 1.807) is 41.4 Å². The fourth-order valence-corrected chi connectivity index (χ4v) is 3.59. The lowest BCUT2D eigenvalue weighted by Gasteiger charge is -2.24. The molecule has 4 rings (SSSR count). The van der Waals surface area contributed by atoms with Gasteiger partial charge in [-0.3, -0.25) is 9.59 Å². The Morgan fingerprint density at radius 3 is 2.75 bits per heavy atom. The molecule has 7 heteroatoms. The fraction of sp³-hybridized carbons (Fsp3) is 0.190. The molecule has 1 unspecified atom stereocenters. The van der Waals surface area contributed by atoms with Crippen LogP contribution in [0.3, 0.4) is 0 Å². The standard InChI is InChI=1S/C21H18ClN3O3/c22-16-8-6-14(7-9-16)18-5-2-10-25(18)21(27)20(26)24-17-4-1-3-15(11-17)19-12-23-13-28-19/h1,3-4,6-9,11-13,18H,2,5,10H2,(H,24,26). The topological polar surface area (TPSA) is 75.4 Å². The minimum absolute atomic E-state index is 0.115. The van der Waals surface area contributed by atoms with Crippen molar-refractivity contribution in [1.29, 1.82) is 0 Å². The SMILES string of the molecule is O=C(Nc1cccc(-c2cnco2)c1)C(=O)N1CCCC1c1ccc(Cl)cc1. The second-order valence-electron chi connectivity index (χ2n) is 6.61. The molecule has 2 amide bonds. The molecular formula is C21H18ClN3O3. The number of anilines is 1. The second-order valence-corrected chi connectivity index (χ2v) is 7.05. The Morgan fingerprint density at radius 2 is 2.00 bits per heavy atom. The van der Waals surface area contributed by atoms with E-state index in [2.05, 4.69) is 10.3 Å².